The van der Waals surface area contributed by atoms with Crippen LogP contribution in [0.3, 0.4) is 0 Å². The van der Waals surface area contributed by atoms with E-state index in [-0.39, 0.29) is 11.9 Å². The number of hydrogen-bond donors (Lipinski definition) is 0. The smallest absolute Gasteiger partial charge is 0.255 e. The van der Waals surface area contributed by atoms with E-state index < -0.39 is 0 Å². The second-order valence-corrected chi connectivity index (χ2v) is 7.58. The summed E-state index contributed by atoms with van der Waals surface area (Å²) in [6.45, 7) is 6.84. The normalized spacial score (nSPS) is 17.8. The third kappa shape index (κ3) is 2.65. The Labute approximate surface area is 140 Å². The zero-order valence-electron chi connectivity index (χ0n) is 14.3. The molecule has 1 amide bonds. The van der Waals surface area contributed by atoms with Gasteiger partial charge in [0.15, 0.2) is 0 Å². The van der Waals surface area contributed by atoms with Gasteiger partial charge in [-0.3, -0.25) is 4.79 Å². The lowest BCUT2D eigenvalue weighted by Crippen LogP contribution is -2.31. The van der Waals surface area contributed by atoms with Crippen molar-refractivity contribution in [1.29, 1.82) is 0 Å². The Kier molecular flexibility index (Phi) is 4.19. The molecule has 2 aromatic rings. The van der Waals surface area contributed by atoms with Crippen molar-refractivity contribution < 1.29 is 9.53 Å². The number of ether oxygens (including phenoxy) is 1. The molecule has 23 heavy (non-hydrogen) atoms. The van der Waals surface area contributed by atoms with Gasteiger partial charge in [0.25, 0.3) is 5.91 Å². The van der Waals surface area contributed by atoms with E-state index in [1.165, 1.54) is 4.88 Å². The Balaban J connectivity index is 1.98. The molecule has 0 aromatic carbocycles. The number of carbonyl (C=O) groups is 1. The van der Waals surface area contributed by atoms with Gasteiger partial charge >= 0.3 is 0 Å². The highest BCUT2D eigenvalue weighted by molar-refractivity contribution is 7.12. The summed E-state index contributed by atoms with van der Waals surface area (Å²) >= 11 is 1.68. The van der Waals surface area contributed by atoms with E-state index in [0.717, 1.165) is 47.0 Å². The number of carbonyl (C=O) groups excluding carboxylic acids is 1. The first-order valence-corrected chi connectivity index (χ1v) is 8.71. The molecule has 5 nitrogen and oxygen atoms in total. The monoisotopic (exact) mass is 333 g/mol. The maximum Gasteiger partial charge on any atom is 0.255 e. The number of aryl methyl sites for hydroxylation is 4. The second-order valence-electron chi connectivity index (χ2n) is 6.12. The summed E-state index contributed by atoms with van der Waals surface area (Å²) in [7, 11) is 3.54. The number of methoxy groups -OCH3 is 1. The summed E-state index contributed by atoms with van der Waals surface area (Å²) in [6.07, 6.45) is 1.97. The van der Waals surface area contributed by atoms with Crippen LogP contribution in [0.5, 0.6) is 5.88 Å². The van der Waals surface area contributed by atoms with Crippen LogP contribution in [-0.4, -0.2) is 34.2 Å². The fraction of sp³-hybridized carbons (Fsp3) is 0.529. The van der Waals surface area contributed by atoms with Gasteiger partial charge in [0.1, 0.15) is 0 Å². The molecule has 0 radical (unpaired) electrons. The first-order chi connectivity index (χ1) is 10.9. The molecule has 2 aromatic heterocycles. The Bertz CT molecular complexity index is 747. The summed E-state index contributed by atoms with van der Waals surface area (Å²) in [5.41, 5.74) is 2.82. The number of amides is 1. The molecule has 0 aliphatic carbocycles. The quantitative estimate of drug-likeness (QED) is 0.865. The highest BCUT2D eigenvalue weighted by Gasteiger charge is 2.36. The largest absolute Gasteiger partial charge is 0.481 e. The second kappa shape index (κ2) is 6.00. The Hall–Kier alpha value is -1.82. The third-order valence-corrected chi connectivity index (χ3v) is 5.49. The van der Waals surface area contributed by atoms with Gasteiger partial charge in [0, 0.05) is 23.3 Å². The van der Waals surface area contributed by atoms with E-state index in [9.17, 15) is 4.79 Å². The molecule has 0 saturated carbocycles. The molecule has 3 heterocycles. The molecule has 3 rings (SSSR count). The molecule has 1 saturated heterocycles. The predicted molar refractivity (Wildman–Crippen MR) is 91.3 cm³/mol. The fourth-order valence-electron chi connectivity index (χ4n) is 3.59. The number of nitrogens with zero attached hydrogens (tertiary/aromatic N) is 3. The maximum atomic E-state index is 13.0. The average molecular weight is 333 g/mol. The van der Waals surface area contributed by atoms with Crippen LogP contribution in [0.25, 0.3) is 0 Å². The molecule has 6 heteroatoms. The summed E-state index contributed by atoms with van der Waals surface area (Å²) in [6, 6.07) is 2.05. The summed E-state index contributed by atoms with van der Waals surface area (Å²) < 4.78 is 7.29. The number of aromatic nitrogens is 2. The third-order valence-electron chi connectivity index (χ3n) is 4.53. The number of hydrogen-bond acceptors (Lipinski definition) is 4. The van der Waals surface area contributed by atoms with Gasteiger partial charge < -0.3 is 9.64 Å². The van der Waals surface area contributed by atoms with E-state index in [1.807, 2.05) is 38.8 Å². The molecular weight excluding hydrogens is 310 g/mol. The van der Waals surface area contributed by atoms with E-state index in [1.54, 1.807) is 23.1 Å². The standard InChI is InChI=1S/C17H23N3O2S/c1-10-9-13(12(3)23-10)16(21)20-8-6-7-14(20)15-11(2)18-19(4)17(15)22-5/h9,14H,6-8H2,1-5H3/t14-/m1/s1. The van der Waals surface area contributed by atoms with Gasteiger partial charge in [-0.15, -0.1) is 11.3 Å². The molecule has 0 unspecified atom stereocenters. The van der Waals surface area contributed by atoms with Gasteiger partial charge in [-0.05, 0) is 39.7 Å². The fourth-order valence-corrected chi connectivity index (χ4v) is 4.50. The van der Waals surface area contributed by atoms with E-state index in [0.29, 0.717) is 0 Å². The van der Waals surface area contributed by atoms with Gasteiger partial charge in [0.2, 0.25) is 5.88 Å². The van der Waals surface area contributed by atoms with Crippen molar-refractivity contribution in [3.8, 4) is 5.88 Å². The minimum atomic E-state index is 0.0470. The Morgan fingerprint density at radius 2 is 2.13 bits per heavy atom. The molecule has 0 spiro atoms. The Morgan fingerprint density at radius 3 is 2.74 bits per heavy atom. The van der Waals surface area contributed by atoms with Crippen molar-refractivity contribution in [2.75, 3.05) is 13.7 Å². The van der Waals surface area contributed by atoms with Crippen molar-refractivity contribution in [2.24, 2.45) is 7.05 Å². The zero-order chi connectivity index (χ0) is 16.7. The van der Waals surface area contributed by atoms with Crippen LogP contribution < -0.4 is 4.74 Å². The Morgan fingerprint density at radius 1 is 1.39 bits per heavy atom. The number of rotatable bonds is 3. The molecular formula is C17H23N3O2S. The molecule has 1 aliphatic heterocycles. The van der Waals surface area contributed by atoms with Gasteiger partial charge in [0.05, 0.1) is 30.0 Å². The van der Waals surface area contributed by atoms with Gasteiger partial charge in [-0.2, -0.15) is 5.10 Å². The topological polar surface area (TPSA) is 47.4 Å². The van der Waals surface area contributed by atoms with Gasteiger partial charge in [-0.25, -0.2) is 4.68 Å². The highest BCUT2D eigenvalue weighted by Crippen LogP contribution is 2.40. The maximum absolute atomic E-state index is 13.0. The van der Waals surface area contributed by atoms with E-state index in [4.69, 9.17) is 4.74 Å². The molecule has 0 N–H and O–H groups in total. The van der Waals surface area contributed by atoms with Crippen LogP contribution in [0.15, 0.2) is 6.07 Å². The summed E-state index contributed by atoms with van der Waals surface area (Å²) in [4.78, 5) is 17.3. The van der Waals surface area contributed by atoms with Crippen LogP contribution in [0.1, 0.15) is 50.3 Å². The lowest BCUT2D eigenvalue weighted by Gasteiger charge is -2.25. The lowest BCUT2D eigenvalue weighted by atomic mass is 10.0. The summed E-state index contributed by atoms with van der Waals surface area (Å²) in [5, 5.41) is 4.47. The summed E-state index contributed by atoms with van der Waals surface area (Å²) in [5.74, 6) is 0.880. The predicted octanol–water partition coefficient (Wildman–Crippen LogP) is 3.39. The minimum absolute atomic E-state index is 0.0470. The van der Waals surface area contributed by atoms with Crippen LogP contribution in [0, 0.1) is 20.8 Å². The first-order valence-electron chi connectivity index (χ1n) is 7.89. The molecule has 1 atom stereocenters. The van der Waals surface area contributed by atoms with Gasteiger partial charge in [-0.1, -0.05) is 0 Å². The highest BCUT2D eigenvalue weighted by atomic mass is 32.1. The van der Waals surface area contributed by atoms with E-state index in [2.05, 4.69) is 5.10 Å². The SMILES string of the molecule is COc1c([C@H]2CCCN2C(=O)c2cc(C)sc2C)c(C)nn1C. The van der Waals surface area contributed by atoms with Crippen LogP contribution in [-0.2, 0) is 7.05 Å². The van der Waals surface area contributed by atoms with E-state index >= 15 is 0 Å². The lowest BCUT2D eigenvalue weighted by molar-refractivity contribution is 0.0733. The molecule has 0 bridgehead atoms. The zero-order valence-corrected chi connectivity index (χ0v) is 15.2. The average Bonchev–Trinajstić information content (AvgIpc) is 3.15. The first kappa shape index (κ1) is 16.1. The van der Waals surface area contributed by atoms with Crippen molar-refractivity contribution in [3.05, 3.63) is 32.6 Å². The van der Waals surface area contributed by atoms with Crippen molar-refractivity contribution in [2.45, 2.75) is 39.7 Å². The van der Waals surface area contributed by atoms with Crippen LogP contribution >= 0.6 is 11.3 Å². The number of thiophene rings is 1. The minimum Gasteiger partial charge on any atom is -0.481 e. The van der Waals surface area contributed by atoms with Crippen molar-refractivity contribution >= 4 is 17.2 Å². The van der Waals surface area contributed by atoms with Crippen LogP contribution in [0.2, 0.25) is 0 Å². The van der Waals surface area contributed by atoms with Crippen molar-refractivity contribution in [1.82, 2.24) is 14.7 Å². The van der Waals surface area contributed by atoms with Crippen molar-refractivity contribution in [3.63, 3.8) is 0 Å². The van der Waals surface area contributed by atoms with Crippen LogP contribution in [0.4, 0.5) is 0 Å². The number of likely N-dealkylation sites (tertiary alicyclic amines) is 1. The molecule has 124 valence electrons. The molecule has 1 fully saturated rings. The molecule has 1 aliphatic rings.